The fourth-order valence-electron chi connectivity index (χ4n) is 5.19. The predicted octanol–water partition coefficient (Wildman–Crippen LogP) is 2.56. The zero-order valence-electron chi connectivity index (χ0n) is 22.3. The van der Waals surface area contributed by atoms with Gasteiger partial charge in [-0.3, -0.25) is 14.4 Å². The third-order valence-electron chi connectivity index (χ3n) is 7.34. The summed E-state index contributed by atoms with van der Waals surface area (Å²) in [5, 5.41) is 0. The quantitative estimate of drug-likeness (QED) is 0.581. The number of carbonyl (C=O) groups is 3. The SMILES string of the molecule is COCC(=O)N1CCCN(C)CCN(C(=O)C2CC(=O)N(CCc3ccc(F)cc3)C2)Cc2ccccc21. The number of hydrogen-bond donors (Lipinski definition) is 0. The van der Waals surface area contributed by atoms with Crippen LogP contribution in [0, 0.1) is 11.7 Å². The van der Waals surface area contributed by atoms with Gasteiger partial charge >= 0.3 is 0 Å². The largest absolute Gasteiger partial charge is 0.375 e. The second-order valence-electron chi connectivity index (χ2n) is 10.1. The van der Waals surface area contributed by atoms with E-state index in [4.69, 9.17) is 4.74 Å². The molecule has 2 aliphatic heterocycles. The summed E-state index contributed by atoms with van der Waals surface area (Å²) in [5.41, 5.74) is 2.64. The topological polar surface area (TPSA) is 73.4 Å². The van der Waals surface area contributed by atoms with E-state index in [0.29, 0.717) is 45.7 Å². The van der Waals surface area contributed by atoms with Crippen LogP contribution in [0.4, 0.5) is 10.1 Å². The molecule has 38 heavy (non-hydrogen) atoms. The van der Waals surface area contributed by atoms with E-state index in [1.54, 1.807) is 21.9 Å². The second-order valence-corrected chi connectivity index (χ2v) is 10.1. The van der Waals surface area contributed by atoms with Crippen LogP contribution in [0.3, 0.4) is 0 Å². The summed E-state index contributed by atoms with van der Waals surface area (Å²) >= 11 is 0. The van der Waals surface area contributed by atoms with Crippen molar-refractivity contribution in [3.8, 4) is 0 Å². The lowest BCUT2D eigenvalue weighted by atomic mass is 10.1. The molecular weight excluding hydrogens is 487 g/mol. The number of benzene rings is 2. The Kier molecular flexibility index (Phi) is 9.47. The van der Waals surface area contributed by atoms with Gasteiger partial charge in [-0.15, -0.1) is 0 Å². The zero-order chi connectivity index (χ0) is 27.1. The highest BCUT2D eigenvalue weighted by Crippen LogP contribution is 2.26. The smallest absolute Gasteiger partial charge is 0.252 e. The molecular formula is C29H37FN4O4. The van der Waals surface area contributed by atoms with Crippen LogP contribution in [0.15, 0.2) is 48.5 Å². The van der Waals surface area contributed by atoms with Gasteiger partial charge in [-0.1, -0.05) is 30.3 Å². The van der Waals surface area contributed by atoms with Crippen LogP contribution in [0.25, 0.3) is 0 Å². The Morgan fingerprint density at radius 3 is 2.55 bits per heavy atom. The van der Waals surface area contributed by atoms with Crippen molar-refractivity contribution < 1.29 is 23.5 Å². The molecule has 0 N–H and O–H groups in total. The van der Waals surface area contributed by atoms with Crippen molar-refractivity contribution in [2.45, 2.75) is 25.8 Å². The van der Waals surface area contributed by atoms with Crippen LogP contribution >= 0.6 is 0 Å². The Labute approximate surface area is 223 Å². The van der Waals surface area contributed by atoms with E-state index < -0.39 is 5.92 Å². The summed E-state index contributed by atoms with van der Waals surface area (Å²) < 4.78 is 18.3. The number of methoxy groups -OCH3 is 1. The maximum atomic E-state index is 13.8. The maximum Gasteiger partial charge on any atom is 0.252 e. The molecule has 1 saturated heterocycles. The first-order chi connectivity index (χ1) is 18.4. The Bertz CT molecular complexity index is 1130. The molecule has 2 aromatic carbocycles. The highest BCUT2D eigenvalue weighted by Gasteiger charge is 2.36. The summed E-state index contributed by atoms with van der Waals surface area (Å²) in [6.07, 6.45) is 1.60. The van der Waals surface area contributed by atoms with Crippen molar-refractivity contribution in [3.63, 3.8) is 0 Å². The van der Waals surface area contributed by atoms with Gasteiger partial charge in [0.15, 0.2) is 0 Å². The number of carbonyl (C=O) groups excluding carboxylic acids is 3. The van der Waals surface area contributed by atoms with Crippen molar-refractivity contribution >= 4 is 23.4 Å². The highest BCUT2D eigenvalue weighted by atomic mass is 19.1. The number of halogens is 1. The van der Waals surface area contributed by atoms with Gasteiger partial charge in [0, 0.05) is 58.5 Å². The standard InChI is InChI=1S/C29H37FN4O4/c1-31-13-5-14-34(28(36)21-38-2)26-7-4-3-6-23(26)19-33(17-16-31)29(37)24-18-27(35)32(20-24)15-12-22-8-10-25(30)11-9-22/h3-4,6-11,24H,5,12-21H2,1-2H3. The minimum Gasteiger partial charge on any atom is -0.375 e. The number of para-hydroxylation sites is 1. The normalized spacial score (nSPS) is 19.3. The first-order valence-electron chi connectivity index (χ1n) is 13.2. The molecule has 2 aliphatic rings. The van der Waals surface area contributed by atoms with E-state index in [9.17, 15) is 18.8 Å². The van der Waals surface area contributed by atoms with E-state index in [-0.39, 0.29) is 36.6 Å². The molecule has 9 heteroatoms. The summed E-state index contributed by atoms with van der Waals surface area (Å²) in [6, 6.07) is 14.0. The lowest BCUT2D eigenvalue weighted by molar-refractivity contribution is -0.136. The Balaban J connectivity index is 1.49. The molecule has 3 amide bonds. The molecule has 0 aromatic heterocycles. The molecule has 1 unspecified atom stereocenters. The lowest BCUT2D eigenvalue weighted by Crippen LogP contribution is -2.41. The zero-order valence-corrected chi connectivity index (χ0v) is 22.3. The Morgan fingerprint density at radius 1 is 1.03 bits per heavy atom. The number of fused-ring (bicyclic) bond motifs is 1. The van der Waals surface area contributed by atoms with Gasteiger partial charge in [0.1, 0.15) is 12.4 Å². The molecule has 0 spiro atoms. The Morgan fingerprint density at radius 2 is 1.79 bits per heavy atom. The fraction of sp³-hybridized carbons (Fsp3) is 0.483. The fourth-order valence-corrected chi connectivity index (χ4v) is 5.19. The van der Waals surface area contributed by atoms with Crippen molar-refractivity contribution in [2.24, 2.45) is 5.92 Å². The average Bonchev–Trinajstić information content (AvgIpc) is 3.27. The molecule has 8 nitrogen and oxygen atoms in total. The molecule has 2 heterocycles. The predicted molar refractivity (Wildman–Crippen MR) is 143 cm³/mol. The second kappa shape index (κ2) is 13.0. The number of likely N-dealkylation sites (tertiary alicyclic amines) is 1. The average molecular weight is 525 g/mol. The van der Waals surface area contributed by atoms with E-state index in [2.05, 4.69) is 4.90 Å². The number of amides is 3. The monoisotopic (exact) mass is 524 g/mol. The third-order valence-corrected chi connectivity index (χ3v) is 7.34. The molecule has 1 fully saturated rings. The van der Waals surface area contributed by atoms with E-state index in [1.165, 1.54) is 19.2 Å². The van der Waals surface area contributed by atoms with Crippen LogP contribution in [0.5, 0.6) is 0 Å². The summed E-state index contributed by atoms with van der Waals surface area (Å²) in [4.78, 5) is 47.0. The lowest BCUT2D eigenvalue weighted by Gasteiger charge is -2.29. The number of rotatable bonds is 6. The van der Waals surface area contributed by atoms with Gasteiger partial charge in [0.05, 0.1) is 5.92 Å². The van der Waals surface area contributed by atoms with Crippen LogP contribution < -0.4 is 4.90 Å². The van der Waals surface area contributed by atoms with Crippen molar-refractivity contribution in [1.82, 2.24) is 14.7 Å². The molecule has 0 aliphatic carbocycles. The van der Waals surface area contributed by atoms with Crippen LogP contribution in [-0.2, 0) is 32.1 Å². The molecule has 0 radical (unpaired) electrons. The molecule has 4 rings (SSSR count). The molecule has 1 atom stereocenters. The summed E-state index contributed by atoms with van der Waals surface area (Å²) in [5.74, 6) is -0.884. The van der Waals surface area contributed by atoms with Crippen LogP contribution in [0.2, 0.25) is 0 Å². The Hall–Kier alpha value is -3.30. The first-order valence-corrected chi connectivity index (χ1v) is 13.2. The minimum atomic E-state index is -0.412. The summed E-state index contributed by atoms with van der Waals surface area (Å²) in [7, 11) is 3.53. The molecule has 204 valence electrons. The third kappa shape index (κ3) is 6.96. The van der Waals surface area contributed by atoms with Gasteiger partial charge in [0.25, 0.3) is 5.91 Å². The van der Waals surface area contributed by atoms with Gasteiger partial charge in [-0.05, 0) is 55.8 Å². The number of anilines is 1. The van der Waals surface area contributed by atoms with Crippen molar-refractivity contribution in [3.05, 3.63) is 65.5 Å². The van der Waals surface area contributed by atoms with Gasteiger partial charge < -0.3 is 24.3 Å². The van der Waals surface area contributed by atoms with Gasteiger partial charge in [-0.25, -0.2) is 4.39 Å². The summed E-state index contributed by atoms with van der Waals surface area (Å²) in [6.45, 7) is 3.83. The number of likely N-dealkylation sites (N-methyl/N-ethyl adjacent to an activating group) is 1. The van der Waals surface area contributed by atoms with Gasteiger partial charge in [-0.2, -0.15) is 0 Å². The van der Waals surface area contributed by atoms with E-state index in [1.807, 2.05) is 36.2 Å². The molecule has 0 bridgehead atoms. The molecule has 2 aromatic rings. The van der Waals surface area contributed by atoms with E-state index in [0.717, 1.165) is 29.8 Å². The van der Waals surface area contributed by atoms with Crippen molar-refractivity contribution in [1.29, 1.82) is 0 Å². The maximum absolute atomic E-state index is 13.8. The van der Waals surface area contributed by atoms with E-state index >= 15 is 0 Å². The van der Waals surface area contributed by atoms with Crippen LogP contribution in [0.1, 0.15) is 24.0 Å². The number of nitrogens with zero attached hydrogens (tertiary/aromatic N) is 4. The highest BCUT2D eigenvalue weighted by molar-refractivity contribution is 5.95. The first kappa shape index (κ1) is 27.7. The van der Waals surface area contributed by atoms with Gasteiger partial charge in [0.2, 0.25) is 11.8 Å². The van der Waals surface area contributed by atoms with Crippen molar-refractivity contribution in [2.75, 3.05) is 64.9 Å². The minimum absolute atomic E-state index is 0.00917. The number of ether oxygens (including phenoxy) is 1. The number of hydrogen-bond acceptors (Lipinski definition) is 5. The van der Waals surface area contributed by atoms with Crippen LogP contribution in [-0.4, -0.2) is 92.5 Å². The molecule has 0 saturated carbocycles.